The van der Waals surface area contributed by atoms with Crippen LogP contribution in [0.25, 0.3) is 0 Å². The van der Waals surface area contributed by atoms with Crippen molar-refractivity contribution in [2.75, 3.05) is 32.7 Å². The Bertz CT molecular complexity index is 556. The summed E-state index contributed by atoms with van der Waals surface area (Å²) in [5, 5.41) is 3.04. The van der Waals surface area contributed by atoms with Gasteiger partial charge in [-0.1, -0.05) is 12.5 Å². The molecule has 1 aromatic rings. The molecule has 1 saturated heterocycles. The second kappa shape index (κ2) is 7.09. The topological polar surface area (TPSA) is 48.5 Å². The van der Waals surface area contributed by atoms with Crippen LogP contribution in [0.5, 0.6) is 0 Å². The van der Waals surface area contributed by atoms with Gasteiger partial charge in [-0.15, -0.1) is 0 Å². The molecule has 3 aliphatic rings. The summed E-state index contributed by atoms with van der Waals surface area (Å²) in [6, 6.07) is 6.79. The number of hydrogen-bond donors (Lipinski definition) is 1. The second-order valence-corrected chi connectivity index (χ2v) is 7.57. The number of piperazine rings is 1. The summed E-state index contributed by atoms with van der Waals surface area (Å²) in [5.74, 6) is 1.93. The number of carbonyl (C=O) groups is 1. The zero-order chi connectivity index (χ0) is 16.4. The summed E-state index contributed by atoms with van der Waals surface area (Å²) >= 11 is 0. The third kappa shape index (κ3) is 3.41. The van der Waals surface area contributed by atoms with E-state index in [1.54, 1.807) is 6.20 Å². The van der Waals surface area contributed by atoms with E-state index in [2.05, 4.69) is 15.2 Å². The van der Waals surface area contributed by atoms with Crippen molar-refractivity contribution in [3.8, 4) is 0 Å². The molecule has 1 aliphatic heterocycles. The third-order valence-electron chi connectivity index (χ3n) is 6.15. The number of urea groups is 1. The van der Waals surface area contributed by atoms with Crippen LogP contribution in [0.3, 0.4) is 0 Å². The van der Waals surface area contributed by atoms with E-state index in [-0.39, 0.29) is 6.03 Å². The van der Waals surface area contributed by atoms with E-state index in [1.165, 1.54) is 25.7 Å². The number of pyridine rings is 1. The molecule has 0 radical (unpaired) electrons. The normalized spacial score (nSPS) is 29.8. The van der Waals surface area contributed by atoms with Gasteiger partial charge in [0.25, 0.3) is 0 Å². The Hall–Kier alpha value is -1.62. The van der Waals surface area contributed by atoms with Crippen LogP contribution in [0.4, 0.5) is 4.79 Å². The molecule has 130 valence electrons. The van der Waals surface area contributed by atoms with Crippen molar-refractivity contribution in [1.29, 1.82) is 0 Å². The largest absolute Gasteiger partial charge is 0.338 e. The fraction of sp³-hybridized carbons (Fsp3) is 0.684. The van der Waals surface area contributed by atoms with Crippen LogP contribution in [0, 0.1) is 11.8 Å². The van der Waals surface area contributed by atoms with E-state index < -0.39 is 0 Å². The summed E-state index contributed by atoms with van der Waals surface area (Å²) in [4.78, 5) is 21.2. The molecule has 1 N–H and O–H groups in total. The highest BCUT2D eigenvalue weighted by Crippen LogP contribution is 2.46. The van der Waals surface area contributed by atoms with Crippen molar-refractivity contribution in [2.24, 2.45) is 11.8 Å². The van der Waals surface area contributed by atoms with Gasteiger partial charge in [0.2, 0.25) is 0 Å². The van der Waals surface area contributed by atoms with Gasteiger partial charge in [0.15, 0.2) is 0 Å². The minimum absolute atomic E-state index is 0.0820. The monoisotopic (exact) mass is 328 g/mol. The Balaban J connectivity index is 1.19. The summed E-state index contributed by atoms with van der Waals surface area (Å²) in [6.07, 6.45) is 8.34. The lowest BCUT2D eigenvalue weighted by Crippen LogP contribution is -2.55. The molecule has 0 spiro atoms. The molecule has 24 heavy (non-hydrogen) atoms. The van der Waals surface area contributed by atoms with Gasteiger partial charge in [0.05, 0.1) is 0 Å². The highest BCUT2D eigenvalue weighted by Gasteiger charge is 2.42. The molecule has 3 fully saturated rings. The highest BCUT2D eigenvalue weighted by molar-refractivity contribution is 5.74. The Morgan fingerprint density at radius 1 is 1.17 bits per heavy atom. The molecular weight excluding hydrogens is 300 g/mol. The standard InChI is InChI=1S/C19H28N4O/c24-19(21-8-6-17-3-1-2-7-20-17)23-11-9-22(10-12-23)18-14-15-4-5-16(18)13-15/h1-3,7,15-16,18H,4-6,8-14H2,(H,21,24)/t15-,16-,18-/m1/s1. The fourth-order valence-electron chi connectivity index (χ4n) is 4.87. The van der Waals surface area contributed by atoms with Gasteiger partial charge in [-0.3, -0.25) is 9.88 Å². The summed E-state index contributed by atoms with van der Waals surface area (Å²) in [7, 11) is 0. The summed E-state index contributed by atoms with van der Waals surface area (Å²) < 4.78 is 0. The van der Waals surface area contributed by atoms with Crippen LogP contribution in [-0.4, -0.2) is 59.6 Å². The molecule has 3 atom stereocenters. The van der Waals surface area contributed by atoms with Gasteiger partial charge >= 0.3 is 6.03 Å². The van der Waals surface area contributed by atoms with Crippen molar-refractivity contribution >= 4 is 6.03 Å². The number of carbonyl (C=O) groups excluding carboxylic acids is 1. The van der Waals surface area contributed by atoms with Gasteiger partial charge in [0.1, 0.15) is 0 Å². The number of rotatable bonds is 4. The van der Waals surface area contributed by atoms with Crippen molar-refractivity contribution in [1.82, 2.24) is 20.1 Å². The Labute approximate surface area is 144 Å². The predicted molar refractivity (Wildman–Crippen MR) is 93.7 cm³/mol. The summed E-state index contributed by atoms with van der Waals surface area (Å²) in [6.45, 7) is 4.47. The van der Waals surface area contributed by atoms with Crippen molar-refractivity contribution in [3.63, 3.8) is 0 Å². The molecule has 5 nitrogen and oxygen atoms in total. The van der Waals surface area contributed by atoms with Crippen LogP contribution in [-0.2, 0) is 6.42 Å². The quantitative estimate of drug-likeness (QED) is 0.921. The van der Waals surface area contributed by atoms with E-state index in [0.717, 1.165) is 56.2 Å². The van der Waals surface area contributed by atoms with Crippen molar-refractivity contribution in [2.45, 2.75) is 38.1 Å². The molecule has 0 aromatic carbocycles. The molecule has 0 unspecified atom stereocenters. The van der Waals surface area contributed by atoms with Gasteiger partial charge in [-0.2, -0.15) is 0 Å². The molecule has 2 aliphatic carbocycles. The molecule has 2 bridgehead atoms. The first kappa shape index (κ1) is 15.9. The molecule has 1 aromatic heterocycles. The molecular formula is C19H28N4O. The minimum Gasteiger partial charge on any atom is -0.338 e. The molecule has 2 saturated carbocycles. The van der Waals surface area contributed by atoms with Crippen LogP contribution < -0.4 is 5.32 Å². The number of fused-ring (bicyclic) bond motifs is 2. The maximum Gasteiger partial charge on any atom is 0.317 e. The van der Waals surface area contributed by atoms with Crippen molar-refractivity contribution < 1.29 is 4.79 Å². The lowest BCUT2D eigenvalue weighted by Gasteiger charge is -2.40. The highest BCUT2D eigenvalue weighted by atomic mass is 16.2. The number of aromatic nitrogens is 1. The lowest BCUT2D eigenvalue weighted by atomic mass is 9.93. The average molecular weight is 328 g/mol. The summed E-state index contributed by atoms with van der Waals surface area (Å²) in [5.41, 5.74) is 1.03. The maximum absolute atomic E-state index is 12.3. The first-order valence-electron chi connectivity index (χ1n) is 9.46. The maximum atomic E-state index is 12.3. The van der Waals surface area contributed by atoms with Crippen LogP contribution in [0.2, 0.25) is 0 Å². The van der Waals surface area contributed by atoms with E-state index in [1.807, 2.05) is 23.1 Å². The fourth-order valence-corrected chi connectivity index (χ4v) is 4.87. The molecule has 4 rings (SSSR count). The zero-order valence-electron chi connectivity index (χ0n) is 14.4. The van der Waals surface area contributed by atoms with E-state index in [0.29, 0.717) is 6.54 Å². The second-order valence-electron chi connectivity index (χ2n) is 7.57. The third-order valence-corrected chi connectivity index (χ3v) is 6.15. The first-order valence-corrected chi connectivity index (χ1v) is 9.46. The van der Waals surface area contributed by atoms with Crippen LogP contribution in [0.15, 0.2) is 24.4 Å². The van der Waals surface area contributed by atoms with Gasteiger partial charge in [-0.05, 0) is 43.2 Å². The predicted octanol–water partition coefficient (Wildman–Crippen LogP) is 2.14. The number of hydrogen-bond acceptors (Lipinski definition) is 3. The van der Waals surface area contributed by atoms with Crippen molar-refractivity contribution in [3.05, 3.63) is 30.1 Å². The number of nitrogens with zero attached hydrogens (tertiary/aromatic N) is 3. The Morgan fingerprint density at radius 2 is 2.04 bits per heavy atom. The zero-order valence-corrected chi connectivity index (χ0v) is 14.4. The van der Waals surface area contributed by atoms with Gasteiger partial charge < -0.3 is 10.2 Å². The van der Waals surface area contributed by atoms with E-state index >= 15 is 0 Å². The number of nitrogens with one attached hydrogen (secondary N) is 1. The van der Waals surface area contributed by atoms with E-state index in [4.69, 9.17) is 0 Å². The molecule has 2 heterocycles. The van der Waals surface area contributed by atoms with Gasteiger partial charge in [-0.25, -0.2) is 4.79 Å². The lowest BCUT2D eigenvalue weighted by molar-refractivity contribution is 0.0828. The van der Waals surface area contributed by atoms with Crippen LogP contribution in [0.1, 0.15) is 31.4 Å². The average Bonchev–Trinajstić information content (AvgIpc) is 3.26. The Morgan fingerprint density at radius 3 is 2.71 bits per heavy atom. The SMILES string of the molecule is O=C(NCCc1ccccn1)N1CCN([C@@H]2C[C@@H]3CC[C@@H]2C3)CC1. The minimum atomic E-state index is 0.0820. The molecule has 5 heteroatoms. The smallest absolute Gasteiger partial charge is 0.317 e. The molecule has 2 amide bonds. The van der Waals surface area contributed by atoms with E-state index in [9.17, 15) is 4.79 Å². The first-order chi connectivity index (χ1) is 11.8. The Kier molecular flexibility index (Phi) is 4.69. The number of amides is 2. The van der Waals surface area contributed by atoms with Crippen LogP contribution >= 0.6 is 0 Å². The van der Waals surface area contributed by atoms with Gasteiger partial charge in [0, 0.05) is 57.1 Å².